The Balaban J connectivity index is 1.45. The van der Waals surface area contributed by atoms with Crippen LogP contribution >= 0.6 is 0 Å². The Morgan fingerprint density at radius 1 is 1.00 bits per heavy atom. The van der Waals surface area contributed by atoms with E-state index in [0.717, 1.165) is 88.1 Å². The standard InChI is InChI=1S/C31H34O6/c1-16(2)11-18-12-22-17(13-25(18)33)6-7-19-23-14-26(34)31(37-27(23)15-28(35-3)29(19)22)21-8-9-24(32)30-20(21)5-4-10-36-30/h8-9,12-13,15-16,26,31-34H,4-7,10-11,14H2,1-3H3. The Bertz CT molecular complexity index is 1380. The van der Waals surface area contributed by atoms with E-state index in [9.17, 15) is 15.3 Å². The molecule has 3 aromatic rings. The van der Waals surface area contributed by atoms with Gasteiger partial charge in [0.2, 0.25) is 0 Å². The number of rotatable bonds is 4. The Kier molecular flexibility index (Phi) is 5.95. The van der Waals surface area contributed by atoms with Crippen molar-refractivity contribution >= 4 is 0 Å². The van der Waals surface area contributed by atoms with E-state index in [1.165, 1.54) is 0 Å². The van der Waals surface area contributed by atoms with Gasteiger partial charge in [0.05, 0.1) is 19.8 Å². The largest absolute Gasteiger partial charge is 0.508 e. The summed E-state index contributed by atoms with van der Waals surface area (Å²) in [7, 11) is 1.68. The first-order valence-corrected chi connectivity index (χ1v) is 13.3. The lowest BCUT2D eigenvalue weighted by Gasteiger charge is -2.36. The van der Waals surface area contributed by atoms with Crippen LogP contribution in [0, 0.1) is 5.92 Å². The molecule has 0 bridgehead atoms. The van der Waals surface area contributed by atoms with E-state index < -0.39 is 12.2 Å². The van der Waals surface area contributed by atoms with E-state index in [2.05, 4.69) is 19.9 Å². The number of benzene rings is 3. The molecular weight excluding hydrogens is 468 g/mol. The molecule has 3 N–H and O–H groups in total. The van der Waals surface area contributed by atoms with E-state index in [0.29, 0.717) is 30.4 Å². The Morgan fingerprint density at radius 2 is 1.84 bits per heavy atom. The van der Waals surface area contributed by atoms with Crippen LogP contribution in [0.5, 0.6) is 28.7 Å². The van der Waals surface area contributed by atoms with Crippen molar-refractivity contribution in [3.8, 4) is 39.9 Å². The summed E-state index contributed by atoms with van der Waals surface area (Å²) in [6.07, 6.45) is 3.19. The van der Waals surface area contributed by atoms with Crippen LogP contribution in [-0.4, -0.2) is 35.1 Å². The van der Waals surface area contributed by atoms with Gasteiger partial charge in [-0.1, -0.05) is 19.9 Å². The summed E-state index contributed by atoms with van der Waals surface area (Å²) < 4.78 is 18.2. The van der Waals surface area contributed by atoms with Crippen molar-refractivity contribution in [1.29, 1.82) is 0 Å². The van der Waals surface area contributed by atoms with Crippen LogP contribution in [0.3, 0.4) is 0 Å². The van der Waals surface area contributed by atoms with Gasteiger partial charge in [0.1, 0.15) is 17.2 Å². The van der Waals surface area contributed by atoms with Gasteiger partial charge in [0.15, 0.2) is 17.6 Å². The third kappa shape index (κ3) is 3.98. The molecule has 194 valence electrons. The molecule has 6 rings (SSSR count). The molecule has 0 radical (unpaired) electrons. The number of phenolic OH excluding ortho intramolecular Hbond substituents is 2. The molecule has 37 heavy (non-hydrogen) atoms. The first kappa shape index (κ1) is 24.0. The Labute approximate surface area is 217 Å². The highest BCUT2D eigenvalue weighted by atomic mass is 16.5. The molecule has 2 heterocycles. The van der Waals surface area contributed by atoms with Crippen molar-refractivity contribution in [2.45, 2.75) is 64.6 Å². The number of aliphatic hydroxyl groups is 1. The molecule has 0 amide bonds. The zero-order valence-corrected chi connectivity index (χ0v) is 21.6. The van der Waals surface area contributed by atoms with Gasteiger partial charge in [0, 0.05) is 34.7 Å². The highest BCUT2D eigenvalue weighted by molar-refractivity contribution is 5.82. The predicted octanol–water partition coefficient (Wildman–Crippen LogP) is 5.43. The average molecular weight is 503 g/mol. The van der Waals surface area contributed by atoms with Crippen molar-refractivity contribution in [2.24, 2.45) is 5.92 Å². The number of aliphatic hydroxyl groups excluding tert-OH is 1. The first-order valence-electron chi connectivity index (χ1n) is 13.3. The summed E-state index contributed by atoms with van der Waals surface area (Å²) >= 11 is 0. The number of aryl methyl sites for hydroxylation is 1. The summed E-state index contributed by atoms with van der Waals surface area (Å²) in [6.45, 7) is 4.87. The van der Waals surface area contributed by atoms with Crippen LogP contribution in [0.2, 0.25) is 0 Å². The van der Waals surface area contributed by atoms with Crippen LogP contribution in [-0.2, 0) is 32.1 Å². The maximum absolute atomic E-state index is 11.4. The van der Waals surface area contributed by atoms with Crippen molar-refractivity contribution in [2.75, 3.05) is 13.7 Å². The third-order valence-electron chi connectivity index (χ3n) is 7.95. The molecule has 1 aliphatic carbocycles. The molecule has 3 aromatic carbocycles. The zero-order valence-electron chi connectivity index (χ0n) is 21.6. The quantitative estimate of drug-likeness (QED) is 0.441. The smallest absolute Gasteiger partial charge is 0.164 e. The summed E-state index contributed by atoms with van der Waals surface area (Å²) in [5.74, 6) is 2.88. The SMILES string of the molecule is COc1cc2c(c3c1-c1cc(CC(C)C)c(O)cc1CC3)CC(O)C(c1ccc(O)c3c1CCCO3)O2. The third-order valence-corrected chi connectivity index (χ3v) is 7.95. The van der Waals surface area contributed by atoms with Gasteiger partial charge in [-0.2, -0.15) is 0 Å². The second kappa shape index (κ2) is 9.18. The second-order valence-corrected chi connectivity index (χ2v) is 10.9. The molecule has 0 spiro atoms. The van der Waals surface area contributed by atoms with E-state index in [4.69, 9.17) is 14.2 Å². The minimum Gasteiger partial charge on any atom is -0.508 e. The van der Waals surface area contributed by atoms with Gasteiger partial charge in [-0.25, -0.2) is 0 Å². The Morgan fingerprint density at radius 3 is 2.62 bits per heavy atom. The highest BCUT2D eigenvalue weighted by Gasteiger charge is 2.37. The van der Waals surface area contributed by atoms with Gasteiger partial charge in [-0.3, -0.25) is 0 Å². The van der Waals surface area contributed by atoms with Gasteiger partial charge in [-0.05, 0) is 78.5 Å². The molecule has 0 saturated carbocycles. The topological polar surface area (TPSA) is 88.4 Å². The fourth-order valence-electron chi connectivity index (χ4n) is 6.31. The molecule has 0 fully saturated rings. The summed E-state index contributed by atoms with van der Waals surface area (Å²) in [6, 6.07) is 9.44. The lowest BCUT2D eigenvalue weighted by Crippen LogP contribution is -2.32. The van der Waals surface area contributed by atoms with Crippen LogP contribution in [0.4, 0.5) is 0 Å². The summed E-state index contributed by atoms with van der Waals surface area (Å²) in [5.41, 5.74) is 8.13. The van der Waals surface area contributed by atoms with Crippen LogP contribution in [0.15, 0.2) is 30.3 Å². The first-order chi connectivity index (χ1) is 17.9. The number of methoxy groups -OCH3 is 1. The van der Waals surface area contributed by atoms with Crippen LogP contribution in [0.1, 0.15) is 59.8 Å². The van der Waals surface area contributed by atoms with Gasteiger partial charge >= 0.3 is 0 Å². The average Bonchev–Trinajstić information content (AvgIpc) is 2.88. The molecule has 2 aliphatic heterocycles. The van der Waals surface area contributed by atoms with Crippen LogP contribution in [0.25, 0.3) is 11.1 Å². The van der Waals surface area contributed by atoms with E-state index in [1.54, 1.807) is 13.2 Å². The number of ether oxygens (including phenoxy) is 3. The fraction of sp³-hybridized carbons (Fsp3) is 0.419. The normalized spacial score (nSPS) is 19.7. The number of hydrogen-bond acceptors (Lipinski definition) is 6. The number of fused-ring (bicyclic) bond motifs is 6. The van der Waals surface area contributed by atoms with Crippen molar-refractivity contribution < 1.29 is 29.5 Å². The fourth-order valence-corrected chi connectivity index (χ4v) is 6.31. The van der Waals surface area contributed by atoms with E-state index in [1.807, 2.05) is 18.2 Å². The molecule has 0 saturated heterocycles. The molecule has 3 aliphatic rings. The minimum absolute atomic E-state index is 0.126. The molecule has 6 nitrogen and oxygen atoms in total. The highest BCUT2D eigenvalue weighted by Crippen LogP contribution is 2.50. The van der Waals surface area contributed by atoms with Crippen molar-refractivity contribution in [1.82, 2.24) is 0 Å². The molecule has 2 unspecified atom stereocenters. The van der Waals surface area contributed by atoms with Crippen molar-refractivity contribution in [3.05, 3.63) is 63.7 Å². The lowest BCUT2D eigenvalue weighted by molar-refractivity contribution is 0.0194. The maximum atomic E-state index is 11.4. The molecule has 0 aromatic heterocycles. The number of phenols is 2. The second-order valence-electron chi connectivity index (χ2n) is 10.9. The number of aromatic hydroxyl groups is 2. The molecular formula is C31H34O6. The van der Waals surface area contributed by atoms with E-state index in [-0.39, 0.29) is 5.75 Å². The number of hydrogen-bond donors (Lipinski definition) is 3. The summed E-state index contributed by atoms with van der Waals surface area (Å²) in [5, 5.41) is 32.3. The minimum atomic E-state index is -0.738. The summed E-state index contributed by atoms with van der Waals surface area (Å²) in [4.78, 5) is 0. The maximum Gasteiger partial charge on any atom is 0.164 e. The van der Waals surface area contributed by atoms with Gasteiger partial charge in [-0.15, -0.1) is 0 Å². The van der Waals surface area contributed by atoms with Crippen LogP contribution < -0.4 is 14.2 Å². The molecule has 6 heteroatoms. The van der Waals surface area contributed by atoms with E-state index >= 15 is 0 Å². The zero-order chi connectivity index (χ0) is 25.8. The monoisotopic (exact) mass is 502 g/mol. The predicted molar refractivity (Wildman–Crippen MR) is 141 cm³/mol. The Hall–Kier alpha value is -3.38. The molecule has 2 atom stereocenters. The lowest BCUT2D eigenvalue weighted by atomic mass is 9.78. The van der Waals surface area contributed by atoms with Gasteiger partial charge in [0.25, 0.3) is 0 Å². The van der Waals surface area contributed by atoms with Crippen molar-refractivity contribution in [3.63, 3.8) is 0 Å². The van der Waals surface area contributed by atoms with Gasteiger partial charge < -0.3 is 29.5 Å².